The van der Waals surface area contributed by atoms with E-state index < -0.39 is 0 Å². The Morgan fingerprint density at radius 2 is 1.61 bits per heavy atom. The summed E-state index contributed by atoms with van der Waals surface area (Å²) in [6.45, 7) is 4.60. The standard InChI is InChI=1S/C27H29N5O/c1-17-12-20(6-5-11-28)13-18(2)27(17)33-24-14-23(30)26(31)25(22(24)16-32(3)4)21-9-7-19(15-29)8-10-21/h7-10,12-14H,5-6,16,30-31H2,1-4H3. The number of nitrogen functional groups attached to an aromatic ring is 2. The van der Waals surface area contributed by atoms with Crippen molar-refractivity contribution in [2.24, 2.45) is 0 Å². The molecule has 6 heteroatoms. The normalized spacial score (nSPS) is 10.6. The van der Waals surface area contributed by atoms with E-state index in [2.05, 4.69) is 29.2 Å². The quantitative estimate of drug-likeness (QED) is 0.482. The van der Waals surface area contributed by atoms with Gasteiger partial charge >= 0.3 is 0 Å². The summed E-state index contributed by atoms with van der Waals surface area (Å²) in [6, 6.07) is 17.6. The molecular weight excluding hydrogens is 410 g/mol. The lowest BCUT2D eigenvalue weighted by Crippen LogP contribution is -2.14. The third kappa shape index (κ3) is 5.26. The molecule has 0 radical (unpaired) electrons. The molecule has 168 valence electrons. The largest absolute Gasteiger partial charge is 0.456 e. The second kappa shape index (κ2) is 10.1. The highest BCUT2D eigenvalue weighted by molar-refractivity contribution is 5.89. The summed E-state index contributed by atoms with van der Waals surface area (Å²) in [5.41, 5.74) is 20.0. The van der Waals surface area contributed by atoms with Crippen molar-refractivity contribution in [2.45, 2.75) is 33.2 Å². The van der Waals surface area contributed by atoms with Crippen LogP contribution in [0.25, 0.3) is 11.1 Å². The highest BCUT2D eigenvalue weighted by atomic mass is 16.5. The Morgan fingerprint density at radius 1 is 0.970 bits per heavy atom. The summed E-state index contributed by atoms with van der Waals surface area (Å²) in [4.78, 5) is 2.05. The van der Waals surface area contributed by atoms with Crippen LogP contribution in [0.2, 0.25) is 0 Å². The maximum atomic E-state index is 9.16. The number of ether oxygens (including phenoxy) is 1. The lowest BCUT2D eigenvalue weighted by molar-refractivity contribution is 0.388. The second-order valence-corrected chi connectivity index (χ2v) is 8.48. The minimum absolute atomic E-state index is 0.438. The molecule has 0 aliphatic heterocycles. The van der Waals surface area contributed by atoms with Crippen LogP contribution in [0.3, 0.4) is 0 Å². The molecule has 33 heavy (non-hydrogen) atoms. The minimum Gasteiger partial charge on any atom is -0.456 e. The number of aryl methyl sites for hydroxylation is 3. The van der Waals surface area contributed by atoms with Crippen LogP contribution in [0.4, 0.5) is 11.4 Å². The number of rotatable bonds is 7. The molecule has 0 fully saturated rings. The Labute approximate surface area is 195 Å². The average molecular weight is 440 g/mol. The summed E-state index contributed by atoms with van der Waals surface area (Å²) in [5.74, 6) is 1.41. The van der Waals surface area contributed by atoms with Crippen LogP contribution in [0.5, 0.6) is 11.5 Å². The first-order valence-electron chi connectivity index (χ1n) is 10.8. The number of hydrogen-bond acceptors (Lipinski definition) is 6. The third-order valence-electron chi connectivity index (χ3n) is 5.50. The first-order chi connectivity index (χ1) is 15.7. The molecule has 0 bridgehead atoms. The first-order valence-corrected chi connectivity index (χ1v) is 10.8. The van der Waals surface area contributed by atoms with E-state index in [4.69, 9.17) is 26.7 Å². The monoisotopic (exact) mass is 439 g/mol. The van der Waals surface area contributed by atoms with E-state index in [1.807, 2.05) is 40.1 Å². The molecule has 0 aliphatic rings. The molecule has 6 nitrogen and oxygen atoms in total. The maximum Gasteiger partial charge on any atom is 0.134 e. The zero-order valence-electron chi connectivity index (χ0n) is 19.6. The van der Waals surface area contributed by atoms with Gasteiger partial charge in [0, 0.05) is 30.2 Å². The average Bonchev–Trinajstić information content (AvgIpc) is 2.78. The lowest BCUT2D eigenvalue weighted by Gasteiger charge is -2.23. The molecule has 0 amide bonds. The highest BCUT2D eigenvalue weighted by Crippen LogP contribution is 2.43. The van der Waals surface area contributed by atoms with Crippen LogP contribution in [-0.2, 0) is 13.0 Å². The van der Waals surface area contributed by atoms with Crippen LogP contribution in [0.15, 0.2) is 42.5 Å². The molecule has 3 aromatic carbocycles. The lowest BCUT2D eigenvalue weighted by atomic mass is 9.94. The van der Waals surface area contributed by atoms with Gasteiger partial charge in [0.05, 0.1) is 29.1 Å². The minimum atomic E-state index is 0.438. The molecule has 4 N–H and O–H groups in total. The van der Waals surface area contributed by atoms with Crippen molar-refractivity contribution in [3.8, 4) is 34.8 Å². The van der Waals surface area contributed by atoms with Crippen molar-refractivity contribution >= 4 is 11.4 Å². The smallest absolute Gasteiger partial charge is 0.134 e. The summed E-state index contributed by atoms with van der Waals surface area (Å²) in [7, 11) is 3.97. The molecule has 0 saturated carbocycles. The summed E-state index contributed by atoms with van der Waals surface area (Å²) < 4.78 is 6.49. The molecule has 3 aromatic rings. The Balaban J connectivity index is 2.15. The van der Waals surface area contributed by atoms with Crippen molar-refractivity contribution in [1.82, 2.24) is 4.90 Å². The number of benzene rings is 3. The van der Waals surface area contributed by atoms with Crippen molar-refractivity contribution < 1.29 is 4.74 Å². The predicted octanol–water partition coefficient (Wildman–Crippen LogP) is 5.32. The summed E-state index contributed by atoms with van der Waals surface area (Å²) in [6.07, 6.45) is 1.19. The molecular formula is C27H29N5O. The molecule has 0 unspecified atom stereocenters. The van der Waals surface area contributed by atoms with E-state index >= 15 is 0 Å². The molecule has 0 aliphatic carbocycles. The van der Waals surface area contributed by atoms with Gasteiger partial charge in [-0.25, -0.2) is 0 Å². The summed E-state index contributed by atoms with van der Waals surface area (Å²) in [5, 5.41) is 18.1. The predicted molar refractivity (Wildman–Crippen MR) is 133 cm³/mol. The number of hydrogen-bond donors (Lipinski definition) is 2. The second-order valence-electron chi connectivity index (χ2n) is 8.48. The van der Waals surface area contributed by atoms with Crippen molar-refractivity contribution in [1.29, 1.82) is 10.5 Å². The SMILES string of the molecule is Cc1cc(CCC#N)cc(C)c1Oc1cc(N)c(N)c(-c2ccc(C#N)cc2)c1CN(C)C. The fourth-order valence-electron chi connectivity index (χ4n) is 4.00. The molecule has 0 heterocycles. The van der Waals surface area contributed by atoms with E-state index in [0.717, 1.165) is 39.1 Å². The van der Waals surface area contributed by atoms with E-state index in [-0.39, 0.29) is 0 Å². The Morgan fingerprint density at radius 3 is 2.15 bits per heavy atom. The van der Waals surface area contributed by atoms with Gasteiger partial charge in [-0.3, -0.25) is 0 Å². The van der Waals surface area contributed by atoms with Crippen molar-refractivity contribution in [3.05, 3.63) is 70.3 Å². The molecule has 3 rings (SSSR count). The van der Waals surface area contributed by atoms with Gasteiger partial charge in [-0.15, -0.1) is 0 Å². The fourth-order valence-corrected chi connectivity index (χ4v) is 4.00. The van der Waals surface area contributed by atoms with Crippen LogP contribution >= 0.6 is 0 Å². The van der Waals surface area contributed by atoms with E-state index in [0.29, 0.717) is 42.1 Å². The topological polar surface area (TPSA) is 112 Å². The Hall–Kier alpha value is -4.00. The van der Waals surface area contributed by atoms with Gasteiger partial charge in [-0.1, -0.05) is 24.3 Å². The van der Waals surface area contributed by atoms with Crippen molar-refractivity contribution in [3.63, 3.8) is 0 Å². The zero-order valence-corrected chi connectivity index (χ0v) is 19.6. The van der Waals surface area contributed by atoms with Gasteiger partial charge in [0.15, 0.2) is 0 Å². The van der Waals surface area contributed by atoms with Gasteiger partial charge < -0.3 is 21.1 Å². The fraction of sp³-hybridized carbons (Fsp3) is 0.259. The third-order valence-corrected chi connectivity index (χ3v) is 5.50. The number of nitriles is 2. The van der Waals surface area contributed by atoms with Crippen LogP contribution in [-0.4, -0.2) is 19.0 Å². The van der Waals surface area contributed by atoms with Crippen LogP contribution in [0.1, 0.15) is 34.2 Å². The van der Waals surface area contributed by atoms with Gasteiger partial charge in [-0.05, 0) is 68.8 Å². The summed E-state index contributed by atoms with van der Waals surface area (Å²) >= 11 is 0. The van der Waals surface area contributed by atoms with E-state index in [9.17, 15) is 0 Å². The first kappa shape index (κ1) is 23.7. The van der Waals surface area contributed by atoms with Gasteiger partial charge in [-0.2, -0.15) is 10.5 Å². The van der Waals surface area contributed by atoms with Crippen LogP contribution < -0.4 is 16.2 Å². The van der Waals surface area contributed by atoms with Crippen molar-refractivity contribution in [2.75, 3.05) is 25.6 Å². The molecule has 0 aromatic heterocycles. The number of anilines is 2. The van der Waals surface area contributed by atoms with E-state index in [1.165, 1.54) is 0 Å². The molecule has 0 saturated heterocycles. The molecule has 0 atom stereocenters. The number of nitrogens with two attached hydrogens (primary N) is 2. The Kier molecular flexibility index (Phi) is 7.23. The van der Waals surface area contributed by atoms with E-state index in [1.54, 1.807) is 18.2 Å². The molecule has 0 spiro atoms. The van der Waals surface area contributed by atoms with Crippen LogP contribution in [0, 0.1) is 36.5 Å². The maximum absolute atomic E-state index is 9.16. The highest BCUT2D eigenvalue weighted by Gasteiger charge is 2.20. The van der Waals surface area contributed by atoms with Gasteiger partial charge in [0.25, 0.3) is 0 Å². The zero-order chi connectivity index (χ0) is 24.1. The van der Waals surface area contributed by atoms with Gasteiger partial charge in [0.1, 0.15) is 11.5 Å². The van der Waals surface area contributed by atoms with Gasteiger partial charge in [0.2, 0.25) is 0 Å². The Bertz CT molecular complexity index is 1220. The number of nitrogens with zero attached hydrogens (tertiary/aromatic N) is 3.